The summed E-state index contributed by atoms with van der Waals surface area (Å²) in [7, 11) is 0. The van der Waals surface area contributed by atoms with Crippen molar-refractivity contribution in [3.05, 3.63) is 177 Å². The fourth-order valence-electron chi connectivity index (χ4n) is 10.5. The number of ether oxygens (including phenoxy) is 6. The van der Waals surface area contributed by atoms with Gasteiger partial charge in [0.2, 0.25) is 11.6 Å². The van der Waals surface area contributed by atoms with Crippen LogP contribution in [0.3, 0.4) is 0 Å². The second-order valence-electron chi connectivity index (χ2n) is 20.4. The Hall–Kier alpha value is -7.35. The standard InChI is InChI=1S/C64H72N4O10.2O.U/c1-5-25-73-61-41-15-11-16-42(61)30-48-34-52-36-50(64(48)76-28-8-4)32-44-18-12-17-43(62(44)74-26-6-2)31-49-35-51(33-47(29-41)63(49)75-27-7-3)67-57(69)39-77-55-23-13-19-45(59(55)71)37-65-53-21-9-10-22-54(53)66-38-46-20-14-24-56(60(46)72)78-40-58(70)68-52;;;/h11-20,23-24,33-38,53-54,65-66H,5-10,21-22,25-32,39-40H2,1-4H3,(H,67,69)(H,68,70);;;/b45-37+,46-38+;;;. The molecule has 0 saturated heterocycles. The summed E-state index contributed by atoms with van der Waals surface area (Å²) in [4.78, 5) is 55.9. The molecule has 1 fully saturated rings. The van der Waals surface area contributed by atoms with Crippen molar-refractivity contribution in [1.82, 2.24) is 10.6 Å². The van der Waals surface area contributed by atoms with E-state index in [0.29, 0.717) is 86.1 Å². The monoisotopic (exact) mass is 1330 g/mol. The quantitative estimate of drug-likeness (QED) is 0.0918. The van der Waals surface area contributed by atoms with E-state index in [4.69, 9.17) is 32.9 Å². The van der Waals surface area contributed by atoms with Gasteiger partial charge in [-0.25, -0.2) is 0 Å². The van der Waals surface area contributed by atoms with Crippen molar-refractivity contribution in [2.75, 3.05) is 50.3 Å². The van der Waals surface area contributed by atoms with Crippen molar-refractivity contribution in [3.63, 3.8) is 0 Å². The number of nitrogens with one attached hydrogen (secondary N) is 4. The van der Waals surface area contributed by atoms with E-state index in [9.17, 15) is 19.2 Å². The molecule has 81 heavy (non-hydrogen) atoms. The Morgan fingerprint density at radius 2 is 0.815 bits per heavy atom. The van der Waals surface area contributed by atoms with Crippen molar-refractivity contribution in [3.8, 4) is 23.0 Å². The summed E-state index contributed by atoms with van der Waals surface area (Å²) in [5.74, 6) is 1.39. The Morgan fingerprint density at radius 3 is 1.14 bits per heavy atom. The van der Waals surface area contributed by atoms with E-state index in [1.807, 2.05) is 36.4 Å². The molecule has 2 aliphatic heterocycles. The summed E-state index contributed by atoms with van der Waals surface area (Å²) in [6, 6.07) is 20.0. The number of hydrogen-bond acceptors (Lipinski definition) is 14. The van der Waals surface area contributed by atoms with E-state index in [0.717, 1.165) is 107 Å². The van der Waals surface area contributed by atoms with Crippen LogP contribution in [0.5, 0.6) is 23.0 Å². The Bertz CT molecular complexity index is 2910. The van der Waals surface area contributed by atoms with Crippen LogP contribution in [0.1, 0.15) is 124 Å². The fraction of sp³-hybridized carbons (Fsp3) is 0.375. The van der Waals surface area contributed by atoms with Gasteiger partial charge in [0.25, 0.3) is 11.8 Å². The Balaban J connectivity index is 0.00000281. The third-order valence-electron chi connectivity index (χ3n) is 14.1. The van der Waals surface area contributed by atoms with Gasteiger partial charge in [0.05, 0.1) is 26.4 Å². The zero-order valence-corrected chi connectivity index (χ0v) is 50.8. The molecule has 4 aliphatic carbocycles. The van der Waals surface area contributed by atoms with Gasteiger partial charge in [-0.3, -0.25) is 19.2 Å². The molecule has 2 amide bonds. The van der Waals surface area contributed by atoms with Gasteiger partial charge in [-0.2, -0.15) is 0 Å². The summed E-state index contributed by atoms with van der Waals surface area (Å²) in [6.07, 6.45) is 21.7. The first-order valence-corrected chi connectivity index (χ1v) is 31.6. The fourth-order valence-corrected chi connectivity index (χ4v) is 10.5. The molecule has 4 aromatic rings. The van der Waals surface area contributed by atoms with Gasteiger partial charge in [0.15, 0.2) is 24.7 Å². The summed E-state index contributed by atoms with van der Waals surface area (Å²) in [6.45, 7) is 9.34. The number of ketones is 2. The molecule has 14 bridgehead atoms. The van der Waals surface area contributed by atoms with Gasteiger partial charge < -0.3 is 49.7 Å². The topological polar surface area (TPSA) is 206 Å². The molecule has 4 N–H and O–H groups in total. The average molecular weight is 1330 g/mol. The van der Waals surface area contributed by atoms with Crippen molar-refractivity contribution in [2.45, 2.75) is 117 Å². The van der Waals surface area contributed by atoms with Crippen molar-refractivity contribution in [2.24, 2.45) is 0 Å². The number of carbonyl (C=O) groups excluding carboxylic acids is 4. The molecule has 2 unspecified atom stereocenters. The summed E-state index contributed by atoms with van der Waals surface area (Å²) in [5.41, 5.74) is 8.88. The van der Waals surface area contributed by atoms with Gasteiger partial charge in [0, 0.05) is 94.9 Å². The molecule has 0 aromatic heterocycles. The van der Waals surface area contributed by atoms with E-state index in [2.05, 4.69) is 73.2 Å². The van der Waals surface area contributed by atoms with Crippen LogP contribution < -0.4 is 40.2 Å². The van der Waals surface area contributed by atoms with Gasteiger partial charge >= 0.3 is 32.3 Å². The minimum atomic E-state index is -2.51. The maximum absolute atomic E-state index is 14.1. The van der Waals surface area contributed by atoms with Crippen LogP contribution in [-0.4, -0.2) is 75.1 Å². The average Bonchev–Trinajstić information content (AvgIpc) is 3.46. The molecule has 0 spiro atoms. The Labute approximate surface area is 489 Å². The molecule has 16 nitrogen and oxygen atoms in total. The van der Waals surface area contributed by atoms with E-state index < -0.39 is 52.8 Å². The van der Waals surface area contributed by atoms with Crippen LogP contribution in [0.25, 0.3) is 0 Å². The van der Waals surface area contributed by atoms with Crippen LogP contribution in [0.15, 0.2) is 132 Å². The van der Waals surface area contributed by atoms with E-state index in [1.54, 1.807) is 48.9 Å². The minimum absolute atomic E-state index is 0.0496. The van der Waals surface area contributed by atoms with Crippen LogP contribution in [-0.2, 0) is 58.8 Å². The van der Waals surface area contributed by atoms with Crippen LogP contribution in [0.2, 0.25) is 0 Å². The third-order valence-corrected chi connectivity index (χ3v) is 14.1. The van der Waals surface area contributed by atoms with Crippen molar-refractivity contribution < 1.29 is 79.9 Å². The molecular formula is C64H72N4O12U. The normalized spacial score (nSPS) is 19.3. The number of amides is 2. The van der Waals surface area contributed by atoms with Crippen LogP contribution >= 0.6 is 0 Å². The molecule has 17 heteroatoms. The molecule has 2 heterocycles. The molecule has 10 rings (SSSR count). The number of anilines is 2. The number of fused-ring (bicyclic) bond motifs is 8. The molecule has 6 aliphatic rings. The zero-order valence-electron chi connectivity index (χ0n) is 46.7. The number of para-hydroxylation sites is 2. The van der Waals surface area contributed by atoms with Gasteiger partial charge in [0.1, 0.15) is 23.0 Å². The Kier molecular flexibility index (Phi) is 22.1. The van der Waals surface area contributed by atoms with Crippen molar-refractivity contribution >= 4 is 34.8 Å². The van der Waals surface area contributed by atoms with Gasteiger partial charge in [-0.15, -0.1) is 0 Å². The molecule has 1 saturated carbocycles. The molecule has 0 radical (unpaired) electrons. The van der Waals surface area contributed by atoms with E-state index in [-0.39, 0.29) is 35.2 Å². The molecule has 2 atom stereocenters. The number of rotatable bonds is 12. The predicted molar refractivity (Wildman–Crippen MR) is 304 cm³/mol. The van der Waals surface area contributed by atoms with Crippen LogP contribution in [0.4, 0.5) is 11.4 Å². The first-order valence-electron chi connectivity index (χ1n) is 28.2. The second kappa shape index (κ2) is 29.9. The summed E-state index contributed by atoms with van der Waals surface area (Å²) < 4.78 is 56.1. The molecular weight excluding hydrogens is 1250 g/mol. The summed E-state index contributed by atoms with van der Waals surface area (Å²) >= 11 is -2.51. The molecule has 424 valence electrons. The maximum atomic E-state index is 14.1. The number of carbonyl (C=O) groups is 4. The Morgan fingerprint density at radius 1 is 0.494 bits per heavy atom. The number of benzene rings is 4. The first-order chi connectivity index (χ1) is 39.5. The van der Waals surface area contributed by atoms with E-state index in [1.165, 1.54) is 0 Å². The summed E-state index contributed by atoms with van der Waals surface area (Å²) in [5, 5.41) is 13.1. The third kappa shape index (κ3) is 15.8. The first kappa shape index (κ1) is 59.8. The number of hydrogen-bond donors (Lipinski definition) is 4. The van der Waals surface area contributed by atoms with E-state index >= 15 is 0 Å². The van der Waals surface area contributed by atoms with Gasteiger partial charge in [-0.05, 0) is 109 Å². The van der Waals surface area contributed by atoms with Crippen LogP contribution in [0, 0.1) is 27.8 Å². The number of allylic oxidation sites excluding steroid dienone is 8. The predicted octanol–water partition coefficient (Wildman–Crippen LogP) is 10.5. The second-order valence-corrected chi connectivity index (χ2v) is 21.1. The van der Waals surface area contributed by atoms with Gasteiger partial charge in [-0.1, -0.05) is 89.1 Å². The molecule has 4 aromatic carbocycles. The zero-order chi connectivity index (χ0) is 57.1. The van der Waals surface area contributed by atoms with Crippen molar-refractivity contribution in [1.29, 1.82) is 0 Å². The SMILES string of the molecule is CCCOc1c2cccc1Cc1cc3cc(c1OCCC)Cc1cccc(c1OCCC)Cc1cc(cc(c1OCCC)C2)NC(=O)COC1=CC=C/C(=C\NC2CCCCC2N/C=C2\C=CC=C(OCC(=O)N3)C2=O)C1=O.[O]=[U]=[O]. The number of Topliss-reactive ketones (excluding diaryl/α,β-unsaturated/α-hetero) is 2.